The molecule has 0 aliphatic carbocycles. The smallest absolute Gasteiger partial charge is 0.345 e. The number of carboxylic acid groups (broad SMARTS) is 1. The van der Waals surface area contributed by atoms with Crippen molar-refractivity contribution in [2.24, 2.45) is 5.41 Å². The van der Waals surface area contributed by atoms with Gasteiger partial charge in [0.15, 0.2) is 6.10 Å². The summed E-state index contributed by atoms with van der Waals surface area (Å²) >= 11 is 0. The molecule has 0 heterocycles. The molecule has 1 aromatic carbocycles. The fourth-order valence-electron chi connectivity index (χ4n) is 1.36. The van der Waals surface area contributed by atoms with Crippen LogP contribution in [-0.2, 0) is 4.79 Å². The molecule has 4 nitrogen and oxygen atoms in total. The normalized spacial score (nSPS) is 12.9. The van der Waals surface area contributed by atoms with E-state index in [0.717, 1.165) is 6.29 Å². The van der Waals surface area contributed by atoms with E-state index in [9.17, 15) is 9.59 Å². The van der Waals surface area contributed by atoms with E-state index in [1.807, 2.05) is 0 Å². The number of ether oxygens (including phenoxy) is 1. The van der Waals surface area contributed by atoms with Crippen LogP contribution in [0, 0.1) is 5.41 Å². The van der Waals surface area contributed by atoms with E-state index in [0.29, 0.717) is 11.3 Å². The predicted molar refractivity (Wildman–Crippen MR) is 63.3 cm³/mol. The first-order chi connectivity index (χ1) is 7.84. The lowest BCUT2D eigenvalue weighted by molar-refractivity contribution is -0.150. The summed E-state index contributed by atoms with van der Waals surface area (Å²) in [6, 6.07) is 6.35. The Morgan fingerprint density at radius 1 is 1.29 bits per heavy atom. The molecule has 0 radical (unpaired) electrons. The minimum atomic E-state index is -1.00. The van der Waals surface area contributed by atoms with Gasteiger partial charge in [-0.3, -0.25) is 4.79 Å². The van der Waals surface area contributed by atoms with Crippen molar-refractivity contribution in [3.05, 3.63) is 29.8 Å². The lowest BCUT2D eigenvalue weighted by Gasteiger charge is -2.27. The van der Waals surface area contributed by atoms with E-state index in [1.54, 1.807) is 45.0 Å². The molecular formula is C13H16O4. The standard InChI is InChI=1S/C13H16O4/c1-13(2,3)11(12(15)16)17-10-6-4-9(8-14)5-7-10/h4-8,11H,1-3H3,(H,15,16). The van der Waals surface area contributed by atoms with Crippen LogP contribution in [-0.4, -0.2) is 23.5 Å². The molecule has 0 aliphatic rings. The summed E-state index contributed by atoms with van der Waals surface area (Å²) in [4.78, 5) is 21.6. The lowest BCUT2D eigenvalue weighted by atomic mass is 9.89. The van der Waals surface area contributed by atoms with Gasteiger partial charge in [-0.15, -0.1) is 0 Å². The molecule has 0 saturated carbocycles. The van der Waals surface area contributed by atoms with Crippen LogP contribution in [0.1, 0.15) is 31.1 Å². The van der Waals surface area contributed by atoms with Gasteiger partial charge in [0.25, 0.3) is 0 Å². The average molecular weight is 236 g/mol. The number of aliphatic carboxylic acids is 1. The summed E-state index contributed by atoms with van der Waals surface area (Å²) in [7, 11) is 0. The fraction of sp³-hybridized carbons (Fsp3) is 0.385. The number of benzene rings is 1. The highest BCUT2D eigenvalue weighted by Crippen LogP contribution is 2.25. The summed E-state index contributed by atoms with van der Waals surface area (Å²) in [5.41, 5.74) is 0.0230. The molecule has 0 bridgehead atoms. The third-order valence-electron chi connectivity index (χ3n) is 2.28. The Labute approximate surface area is 100 Å². The maximum Gasteiger partial charge on any atom is 0.345 e. The van der Waals surface area contributed by atoms with Gasteiger partial charge in [-0.1, -0.05) is 20.8 Å². The first kappa shape index (κ1) is 13.2. The Bertz CT molecular complexity index is 400. The maximum absolute atomic E-state index is 11.1. The van der Waals surface area contributed by atoms with Gasteiger partial charge in [0.2, 0.25) is 0 Å². The molecule has 4 heteroatoms. The Hall–Kier alpha value is -1.84. The van der Waals surface area contributed by atoms with E-state index >= 15 is 0 Å². The highest BCUT2D eigenvalue weighted by molar-refractivity contribution is 5.75. The van der Waals surface area contributed by atoms with E-state index < -0.39 is 17.5 Å². The van der Waals surface area contributed by atoms with Crippen LogP contribution in [0.5, 0.6) is 5.75 Å². The van der Waals surface area contributed by atoms with E-state index in [4.69, 9.17) is 9.84 Å². The van der Waals surface area contributed by atoms with Gasteiger partial charge in [-0.25, -0.2) is 4.79 Å². The highest BCUT2D eigenvalue weighted by Gasteiger charge is 2.33. The molecule has 0 amide bonds. The number of hydrogen-bond acceptors (Lipinski definition) is 3. The summed E-state index contributed by atoms with van der Waals surface area (Å²) in [6.07, 6.45) is -0.202. The maximum atomic E-state index is 11.1. The van der Waals surface area contributed by atoms with Crippen LogP contribution in [0.3, 0.4) is 0 Å². The third-order valence-corrected chi connectivity index (χ3v) is 2.28. The van der Waals surface area contributed by atoms with Crippen LogP contribution in [0.2, 0.25) is 0 Å². The summed E-state index contributed by atoms with van der Waals surface area (Å²) < 4.78 is 5.42. The minimum absolute atomic E-state index is 0.443. The Morgan fingerprint density at radius 3 is 2.18 bits per heavy atom. The Kier molecular flexibility index (Phi) is 3.89. The molecule has 0 aliphatic heterocycles. The van der Waals surface area contributed by atoms with Crippen molar-refractivity contribution in [1.82, 2.24) is 0 Å². The molecule has 92 valence electrons. The van der Waals surface area contributed by atoms with Crippen molar-refractivity contribution >= 4 is 12.3 Å². The van der Waals surface area contributed by atoms with Gasteiger partial charge >= 0.3 is 5.97 Å². The first-order valence-corrected chi connectivity index (χ1v) is 5.29. The lowest BCUT2D eigenvalue weighted by Crippen LogP contribution is -2.39. The zero-order valence-electron chi connectivity index (χ0n) is 10.1. The van der Waals surface area contributed by atoms with Crippen molar-refractivity contribution in [3.8, 4) is 5.75 Å². The summed E-state index contributed by atoms with van der Waals surface area (Å²) in [6.45, 7) is 5.39. The number of carbonyl (C=O) groups is 2. The molecule has 0 aromatic heterocycles. The summed E-state index contributed by atoms with van der Waals surface area (Å²) in [5, 5.41) is 9.09. The highest BCUT2D eigenvalue weighted by atomic mass is 16.5. The second-order valence-corrected chi connectivity index (χ2v) is 4.89. The monoisotopic (exact) mass is 236 g/mol. The van der Waals surface area contributed by atoms with Crippen LogP contribution in [0.25, 0.3) is 0 Å². The zero-order valence-corrected chi connectivity index (χ0v) is 10.1. The van der Waals surface area contributed by atoms with Crippen molar-refractivity contribution in [1.29, 1.82) is 0 Å². The first-order valence-electron chi connectivity index (χ1n) is 5.29. The molecule has 1 N–H and O–H groups in total. The molecule has 1 rings (SSSR count). The third kappa shape index (κ3) is 3.59. The SMILES string of the molecule is CC(C)(C)C(Oc1ccc(C=O)cc1)C(=O)O. The van der Waals surface area contributed by atoms with Gasteiger partial charge in [-0.2, -0.15) is 0 Å². The van der Waals surface area contributed by atoms with Gasteiger partial charge in [0.05, 0.1) is 0 Å². The quantitative estimate of drug-likeness (QED) is 0.815. The van der Waals surface area contributed by atoms with Gasteiger partial charge in [0, 0.05) is 11.0 Å². The second-order valence-electron chi connectivity index (χ2n) is 4.89. The van der Waals surface area contributed by atoms with E-state index in [1.165, 1.54) is 0 Å². The minimum Gasteiger partial charge on any atom is -0.478 e. The number of hydrogen-bond donors (Lipinski definition) is 1. The molecule has 1 unspecified atom stereocenters. The number of carbonyl (C=O) groups excluding carboxylic acids is 1. The van der Waals surface area contributed by atoms with E-state index in [-0.39, 0.29) is 0 Å². The Balaban J connectivity index is 2.86. The van der Waals surface area contributed by atoms with Gasteiger partial charge in [-0.05, 0) is 24.3 Å². The number of carboxylic acids is 1. The topological polar surface area (TPSA) is 63.6 Å². The van der Waals surface area contributed by atoms with Crippen LogP contribution < -0.4 is 4.74 Å². The zero-order chi connectivity index (χ0) is 13.1. The van der Waals surface area contributed by atoms with Crippen LogP contribution in [0.4, 0.5) is 0 Å². The predicted octanol–water partition coefficient (Wildman–Crippen LogP) is 2.38. The largest absolute Gasteiger partial charge is 0.478 e. The number of rotatable bonds is 4. The number of aldehydes is 1. The molecule has 0 saturated heterocycles. The van der Waals surface area contributed by atoms with Crippen LogP contribution >= 0.6 is 0 Å². The van der Waals surface area contributed by atoms with E-state index in [2.05, 4.69) is 0 Å². The molecule has 0 fully saturated rings. The fourth-order valence-corrected chi connectivity index (χ4v) is 1.36. The Morgan fingerprint density at radius 2 is 1.82 bits per heavy atom. The molecule has 0 spiro atoms. The van der Waals surface area contributed by atoms with Crippen molar-refractivity contribution < 1.29 is 19.4 Å². The van der Waals surface area contributed by atoms with Crippen molar-refractivity contribution in [3.63, 3.8) is 0 Å². The molecule has 1 atom stereocenters. The van der Waals surface area contributed by atoms with Gasteiger partial charge in [0.1, 0.15) is 12.0 Å². The van der Waals surface area contributed by atoms with Crippen molar-refractivity contribution in [2.45, 2.75) is 26.9 Å². The molecular weight excluding hydrogens is 220 g/mol. The van der Waals surface area contributed by atoms with Gasteiger partial charge < -0.3 is 9.84 Å². The van der Waals surface area contributed by atoms with Crippen molar-refractivity contribution in [2.75, 3.05) is 0 Å². The molecule has 1 aromatic rings. The van der Waals surface area contributed by atoms with Crippen LogP contribution in [0.15, 0.2) is 24.3 Å². The molecule has 17 heavy (non-hydrogen) atoms. The average Bonchev–Trinajstić information content (AvgIpc) is 2.24. The second kappa shape index (κ2) is 4.99. The summed E-state index contributed by atoms with van der Waals surface area (Å²) in [5.74, 6) is -0.560.